The summed E-state index contributed by atoms with van der Waals surface area (Å²) in [5.41, 5.74) is 10.2. The summed E-state index contributed by atoms with van der Waals surface area (Å²) in [6.45, 7) is 7.79. The first-order valence-electron chi connectivity index (χ1n) is 12.5. The van der Waals surface area contributed by atoms with Crippen molar-refractivity contribution >= 4 is 27.6 Å². The zero-order chi connectivity index (χ0) is 25.2. The summed E-state index contributed by atoms with van der Waals surface area (Å²) in [6.07, 6.45) is 3.15. The van der Waals surface area contributed by atoms with Gasteiger partial charge in [-0.3, -0.25) is 0 Å². The summed E-state index contributed by atoms with van der Waals surface area (Å²) >= 11 is 0. The molecule has 5 aromatic rings. The van der Waals surface area contributed by atoms with Crippen LogP contribution < -0.4 is 9.47 Å². The number of furan rings is 1. The summed E-state index contributed by atoms with van der Waals surface area (Å²) in [7, 11) is 4.21. The monoisotopic (exact) mass is 472 g/mol. The van der Waals surface area contributed by atoms with Crippen molar-refractivity contribution in [2.24, 2.45) is 7.05 Å². The first kappa shape index (κ1) is 22.4. The predicted molar refractivity (Wildman–Crippen MR) is 146 cm³/mol. The van der Waals surface area contributed by atoms with Gasteiger partial charge in [-0.15, -0.1) is 0 Å². The highest BCUT2D eigenvalue weighted by atomic mass is 16.3. The molecule has 4 heteroatoms. The zero-order valence-corrected chi connectivity index (χ0v) is 21.5. The largest absolute Gasteiger partial charge is 0.454 e. The van der Waals surface area contributed by atoms with Gasteiger partial charge in [0.05, 0.1) is 17.2 Å². The first-order valence-corrected chi connectivity index (χ1v) is 12.5. The van der Waals surface area contributed by atoms with Gasteiger partial charge in [0.2, 0.25) is 5.69 Å². The molecule has 1 aliphatic rings. The van der Waals surface area contributed by atoms with Gasteiger partial charge >= 0.3 is 0 Å². The minimum Gasteiger partial charge on any atom is -0.454 e. The molecule has 0 radical (unpaired) electrons. The number of benzene rings is 3. The van der Waals surface area contributed by atoms with Crippen molar-refractivity contribution in [3.05, 3.63) is 83.6 Å². The third-order valence-corrected chi connectivity index (χ3v) is 7.95. The van der Waals surface area contributed by atoms with E-state index in [1.54, 1.807) is 0 Å². The second-order valence-electron chi connectivity index (χ2n) is 10.7. The Morgan fingerprint density at radius 1 is 0.972 bits per heavy atom. The Balaban J connectivity index is 1.68. The van der Waals surface area contributed by atoms with E-state index in [9.17, 15) is 5.26 Å². The molecule has 0 spiro atoms. The molecule has 0 amide bonds. The van der Waals surface area contributed by atoms with Gasteiger partial charge in [-0.2, -0.15) is 5.26 Å². The highest BCUT2D eigenvalue weighted by Crippen LogP contribution is 2.45. The number of pyridine rings is 1. The van der Waals surface area contributed by atoms with E-state index in [4.69, 9.17) is 4.42 Å². The van der Waals surface area contributed by atoms with Crippen LogP contribution in [0, 0.1) is 18.3 Å². The lowest BCUT2D eigenvalue weighted by Gasteiger charge is -2.38. The standard InChI is InChI=1S/C32H30N3O/c1-20-9-12-23-24-13-10-22(19-33)29(21-11-14-26-25(18-21)32(2,3)15-17-35(26)5)31(24)36-30(23)28(20)27-8-6-7-16-34(27)4/h6-14,16,18H,15,17H2,1-5H3/q+1. The second kappa shape index (κ2) is 7.96. The van der Waals surface area contributed by atoms with Crippen LogP contribution in [0.3, 0.4) is 0 Å². The van der Waals surface area contributed by atoms with Crippen molar-refractivity contribution in [2.75, 3.05) is 18.5 Å². The fourth-order valence-electron chi connectivity index (χ4n) is 5.75. The maximum atomic E-state index is 10.1. The van der Waals surface area contributed by atoms with Crippen molar-refractivity contribution in [3.8, 4) is 28.5 Å². The van der Waals surface area contributed by atoms with Gasteiger partial charge < -0.3 is 9.32 Å². The van der Waals surface area contributed by atoms with Crippen LogP contribution in [-0.4, -0.2) is 13.6 Å². The average Bonchev–Trinajstić information content (AvgIpc) is 3.25. The van der Waals surface area contributed by atoms with E-state index in [1.807, 2.05) is 18.2 Å². The Bertz CT molecular complexity index is 1720. The Morgan fingerprint density at radius 3 is 2.47 bits per heavy atom. The fraction of sp³-hybridized carbons (Fsp3) is 0.250. The van der Waals surface area contributed by atoms with Gasteiger partial charge in [-0.25, -0.2) is 4.57 Å². The highest BCUT2D eigenvalue weighted by Gasteiger charge is 2.31. The van der Waals surface area contributed by atoms with Gasteiger partial charge in [0, 0.05) is 47.7 Å². The van der Waals surface area contributed by atoms with Gasteiger partial charge in [0.1, 0.15) is 18.2 Å². The van der Waals surface area contributed by atoms with E-state index < -0.39 is 0 Å². The zero-order valence-electron chi connectivity index (χ0n) is 21.5. The molecule has 178 valence electrons. The molecule has 0 saturated heterocycles. The first-order chi connectivity index (χ1) is 17.3. The molecule has 4 nitrogen and oxygen atoms in total. The Kier molecular flexibility index (Phi) is 4.95. The Hall–Kier alpha value is -4.10. The third kappa shape index (κ3) is 3.23. The number of fused-ring (bicyclic) bond motifs is 4. The van der Waals surface area contributed by atoms with Crippen LogP contribution in [0.1, 0.15) is 37.0 Å². The number of nitriles is 1. The molecule has 0 fully saturated rings. The molecule has 2 aromatic heterocycles. The summed E-state index contributed by atoms with van der Waals surface area (Å²) < 4.78 is 8.87. The van der Waals surface area contributed by atoms with E-state index >= 15 is 0 Å². The number of aryl methyl sites for hydroxylation is 2. The smallest absolute Gasteiger partial charge is 0.216 e. The van der Waals surface area contributed by atoms with E-state index in [-0.39, 0.29) is 5.41 Å². The van der Waals surface area contributed by atoms with Crippen LogP contribution in [0.25, 0.3) is 44.3 Å². The van der Waals surface area contributed by atoms with Crippen LogP contribution >= 0.6 is 0 Å². The minimum atomic E-state index is 0.0682. The maximum Gasteiger partial charge on any atom is 0.216 e. The lowest BCUT2D eigenvalue weighted by atomic mass is 9.76. The minimum absolute atomic E-state index is 0.0682. The number of nitrogens with zero attached hydrogens (tertiary/aromatic N) is 3. The number of anilines is 1. The molecule has 6 rings (SSSR count). The van der Waals surface area contributed by atoms with Crippen molar-refractivity contribution in [1.82, 2.24) is 0 Å². The van der Waals surface area contributed by atoms with Crippen LogP contribution in [0.15, 0.2) is 71.3 Å². The van der Waals surface area contributed by atoms with Gasteiger partial charge in [-0.1, -0.05) is 32.0 Å². The number of aromatic nitrogens is 1. The molecule has 1 aliphatic heterocycles. The van der Waals surface area contributed by atoms with Crippen molar-refractivity contribution < 1.29 is 8.98 Å². The molecular weight excluding hydrogens is 442 g/mol. The average molecular weight is 473 g/mol. The SMILES string of the molecule is Cc1ccc2c(oc3c(-c4ccc5c(c4)C(C)(C)CCN5C)c(C#N)ccc32)c1-c1cccc[n+]1C. The van der Waals surface area contributed by atoms with Crippen molar-refractivity contribution in [2.45, 2.75) is 32.6 Å². The molecule has 0 bridgehead atoms. The van der Waals surface area contributed by atoms with Gasteiger partial charge in [0.15, 0.2) is 6.20 Å². The fourth-order valence-corrected chi connectivity index (χ4v) is 5.75. The maximum absolute atomic E-state index is 10.1. The normalized spacial score (nSPS) is 14.7. The highest BCUT2D eigenvalue weighted by molar-refractivity contribution is 6.14. The number of rotatable bonds is 2. The summed E-state index contributed by atoms with van der Waals surface area (Å²) in [4.78, 5) is 2.33. The molecular formula is C32H30N3O+. The van der Waals surface area contributed by atoms with E-state index in [0.717, 1.165) is 62.9 Å². The molecule has 0 atom stereocenters. The molecule has 3 heterocycles. The predicted octanol–water partition coefficient (Wildman–Crippen LogP) is 7.04. The third-order valence-electron chi connectivity index (χ3n) is 7.95. The topological polar surface area (TPSA) is 44.1 Å². The van der Waals surface area contributed by atoms with E-state index in [2.05, 4.69) is 99.1 Å². The second-order valence-corrected chi connectivity index (χ2v) is 10.7. The van der Waals surface area contributed by atoms with Crippen molar-refractivity contribution in [3.63, 3.8) is 0 Å². The van der Waals surface area contributed by atoms with Crippen LogP contribution in [0.2, 0.25) is 0 Å². The lowest BCUT2D eigenvalue weighted by Crippen LogP contribution is -2.34. The van der Waals surface area contributed by atoms with E-state index in [1.165, 1.54) is 11.3 Å². The summed E-state index contributed by atoms with van der Waals surface area (Å²) in [5.74, 6) is 0. The molecule has 0 unspecified atom stereocenters. The van der Waals surface area contributed by atoms with Crippen LogP contribution in [-0.2, 0) is 12.5 Å². The molecule has 0 aliphatic carbocycles. The Morgan fingerprint density at radius 2 is 1.72 bits per heavy atom. The van der Waals surface area contributed by atoms with Crippen LogP contribution in [0.5, 0.6) is 0 Å². The van der Waals surface area contributed by atoms with Gasteiger partial charge in [-0.05, 0) is 65.8 Å². The lowest BCUT2D eigenvalue weighted by molar-refractivity contribution is -0.660. The van der Waals surface area contributed by atoms with Crippen LogP contribution in [0.4, 0.5) is 5.69 Å². The Labute approximate surface area is 212 Å². The molecule has 0 saturated carbocycles. The summed E-state index contributed by atoms with van der Waals surface area (Å²) in [6, 6.07) is 23.5. The quantitative estimate of drug-likeness (QED) is 0.259. The number of hydrogen-bond donors (Lipinski definition) is 0. The van der Waals surface area contributed by atoms with E-state index in [0.29, 0.717) is 5.56 Å². The summed E-state index contributed by atoms with van der Waals surface area (Å²) in [5, 5.41) is 12.2. The van der Waals surface area contributed by atoms with Crippen molar-refractivity contribution in [1.29, 1.82) is 5.26 Å². The molecule has 0 N–H and O–H groups in total. The van der Waals surface area contributed by atoms with Gasteiger partial charge in [0.25, 0.3) is 0 Å². The molecule has 3 aromatic carbocycles. The number of hydrogen-bond acceptors (Lipinski definition) is 3. The molecule has 36 heavy (non-hydrogen) atoms.